The minimum absolute atomic E-state index is 0.105. The Labute approximate surface area is 180 Å². The van der Waals surface area contributed by atoms with Crippen molar-refractivity contribution >= 4 is 35.1 Å². The van der Waals surface area contributed by atoms with Crippen molar-refractivity contribution in [3.8, 4) is 11.5 Å². The van der Waals surface area contributed by atoms with Gasteiger partial charge in [0.15, 0.2) is 16.7 Å². The van der Waals surface area contributed by atoms with Gasteiger partial charge in [0.05, 0.1) is 18.6 Å². The molecule has 1 N–H and O–H groups in total. The van der Waals surface area contributed by atoms with Crippen LogP contribution in [0.4, 0.5) is 10.2 Å². The Morgan fingerprint density at radius 1 is 1.23 bits per heavy atom. The molecule has 0 aliphatic rings. The number of anilines is 1. The first kappa shape index (κ1) is 20.1. The van der Waals surface area contributed by atoms with Crippen LogP contribution in [-0.2, 0) is 11.3 Å². The number of amides is 1. The molecule has 0 aliphatic carbocycles. The Bertz CT molecular complexity index is 1150. The van der Waals surface area contributed by atoms with Gasteiger partial charge < -0.3 is 9.73 Å². The molecule has 10 heteroatoms. The van der Waals surface area contributed by atoms with Gasteiger partial charge in [-0.25, -0.2) is 14.4 Å². The number of furan rings is 1. The van der Waals surface area contributed by atoms with E-state index in [1.807, 2.05) is 0 Å². The Morgan fingerprint density at radius 2 is 2.13 bits per heavy atom. The summed E-state index contributed by atoms with van der Waals surface area (Å²) in [5.41, 5.74) is 0.979. The lowest BCUT2D eigenvalue weighted by molar-refractivity contribution is -0.113. The van der Waals surface area contributed by atoms with Gasteiger partial charge in [-0.05, 0) is 30.3 Å². The number of rotatable bonds is 7. The molecule has 30 heavy (non-hydrogen) atoms. The largest absolute Gasteiger partial charge is 0.463 e. The van der Waals surface area contributed by atoms with Crippen LogP contribution in [-0.4, -0.2) is 31.4 Å². The summed E-state index contributed by atoms with van der Waals surface area (Å²) in [6.07, 6.45) is 4.82. The number of nitrogens with one attached hydrogen (secondary N) is 1. The number of carbonyl (C=O) groups excluding carboxylic acids is 1. The van der Waals surface area contributed by atoms with Gasteiger partial charge in [0.2, 0.25) is 5.91 Å². The summed E-state index contributed by atoms with van der Waals surface area (Å²) < 4.78 is 20.7. The van der Waals surface area contributed by atoms with E-state index >= 15 is 0 Å². The van der Waals surface area contributed by atoms with E-state index in [4.69, 9.17) is 16.0 Å². The van der Waals surface area contributed by atoms with Crippen molar-refractivity contribution in [2.45, 2.75) is 11.7 Å². The Balaban J connectivity index is 1.33. The molecule has 0 fully saturated rings. The van der Waals surface area contributed by atoms with Crippen LogP contribution in [0.5, 0.6) is 0 Å². The zero-order valence-electron chi connectivity index (χ0n) is 15.5. The van der Waals surface area contributed by atoms with Crippen molar-refractivity contribution < 1.29 is 13.6 Å². The lowest BCUT2D eigenvalue weighted by Crippen LogP contribution is -2.15. The predicted molar refractivity (Wildman–Crippen MR) is 112 cm³/mol. The minimum Gasteiger partial charge on any atom is -0.463 e. The molecular formula is C20H15ClFN5O2S. The SMILES string of the molecule is O=C(CSc1nccc(-c2ccco2)n1)Nc1ccn(Cc2c(F)cccc2Cl)n1. The fraction of sp³-hybridized carbons (Fsp3) is 0.100. The standard InChI is InChI=1S/C20H15ClFN5O2S/c21-14-3-1-4-15(22)13(14)11-27-9-7-18(26-27)25-19(28)12-30-20-23-8-6-16(24-20)17-5-2-10-29-17/h1-10H,11-12H2,(H,25,26,28). The van der Waals surface area contributed by atoms with Crippen molar-refractivity contribution in [2.24, 2.45) is 0 Å². The second-order valence-corrected chi connectivity index (χ2v) is 7.49. The summed E-state index contributed by atoms with van der Waals surface area (Å²) in [4.78, 5) is 20.8. The van der Waals surface area contributed by atoms with Crippen LogP contribution in [0.1, 0.15) is 5.56 Å². The molecule has 7 nitrogen and oxygen atoms in total. The van der Waals surface area contributed by atoms with Gasteiger partial charge in [0.25, 0.3) is 0 Å². The van der Waals surface area contributed by atoms with Gasteiger partial charge in [0.1, 0.15) is 11.5 Å². The van der Waals surface area contributed by atoms with Crippen LogP contribution in [0.25, 0.3) is 11.5 Å². The van der Waals surface area contributed by atoms with E-state index in [2.05, 4.69) is 20.4 Å². The Kier molecular flexibility index (Phi) is 6.10. The second-order valence-electron chi connectivity index (χ2n) is 6.14. The van der Waals surface area contributed by atoms with E-state index in [0.29, 0.717) is 33.0 Å². The molecule has 0 spiro atoms. The third kappa shape index (κ3) is 4.87. The van der Waals surface area contributed by atoms with Gasteiger partial charge >= 0.3 is 0 Å². The maximum atomic E-state index is 13.9. The monoisotopic (exact) mass is 443 g/mol. The van der Waals surface area contributed by atoms with Crippen molar-refractivity contribution in [3.63, 3.8) is 0 Å². The van der Waals surface area contributed by atoms with Crippen LogP contribution in [0.2, 0.25) is 5.02 Å². The first-order valence-corrected chi connectivity index (χ1v) is 10.2. The normalized spacial score (nSPS) is 10.9. The summed E-state index contributed by atoms with van der Waals surface area (Å²) in [6.45, 7) is 0.156. The number of aromatic nitrogens is 4. The number of hydrogen-bond acceptors (Lipinski definition) is 6. The van der Waals surface area contributed by atoms with E-state index in [1.165, 1.54) is 22.5 Å². The van der Waals surface area contributed by atoms with Gasteiger partial charge in [0, 0.05) is 29.0 Å². The number of benzene rings is 1. The summed E-state index contributed by atoms with van der Waals surface area (Å²) >= 11 is 7.24. The molecule has 152 valence electrons. The van der Waals surface area contributed by atoms with E-state index in [0.717, 1.165) is 0 Å². The maximum Gasteiger partial charge on any atom is 0.236 e. The lowest BCUT2D eigenvalue weighted by atomic mass is 10.2. The van der Waals surface area contributed by atoms with Crippen LogP contribution < -0.4 is 5.32 Å². The molecule has 3 aromatic heterocycles. The highest BCUT2D eigenvalue weighted by atomic mass is 35.5. The van der Waals surface area contributed by atoms with Gasteiger partial charge in [-0.3, -0.25) is 9.48 Å². The highest BCUT2D eigenvalue weighted by molar-refractivity contribution is 7.99. The van der Waals surface area contributed by atoms with Gasteiger partial charge in [-0.2, -0.15) is 5.10 Å². The number of nitrogens with zero attached hydrogens (tertiary/aromatic N) is 4. The first-order valence-electron chi connectivity index (χ1n) is 8.84. The van der Waals surface area contributed by atoms with E-state index < -0.39 is 5.82 Å². The second kappa shape index (κ2) is 9.10. The van der Waals surface area contributed by atoms with Crippen LogP contribution in [0.15, 0.2) is 70.7 Å². The number of halogens is 2. The van der Waals surface area contributed by atoms with Crippen molar-refractivity contribution in [1.82, 2.24) is 19.7 Å². The summed E-state index contributed by atoms with van der Waals surface area (Å²) in [5.74, 6) is 0.425. The van der Waals surface area contributed by atoms with Crippen molar-refractivity contribution in [3.05, 3.63) is 77.5 Å². The molecule has 0 saturated heterocycles. The number of hydrogen-bond donors (Lipinski definition) is 1. The highest BCUT2D eigenvalue weighted by Crippen LogP contribution is 2.21. The van der Waals surface area contributed by atoms with Gasteiger partial charge in [-0.15, -0.1) is 0 Å². The molecule has 4 rings (SSSR count). The predicted octanol–water partition coefficient (Wildman–Crippen LogP) is 4.50. The molecule has 0 atom stereocenters. The molecule has 0 aliphatic heterocycles. The quantitative estimate of drug-likeness (QED) is 0.334. The van der Waals surface area contributed by atoms with E-state index in [1.54, 1.807) is 55.1 Å². The minimum atomic E-state index is -0.406. The topological polar surface area (TPSA) is 85.8 Å². The average Bonchev–Trinajstić information content (AvgIpc) is 3.42. The van der Waals surface area contributed by atoms with Crippen LogP contribution >= 0.6 is 23.4 Å². The molecular weight excluding hydrogens is 429 g/mol. The molecule has 4 aromatic rings. The molecule has 0 unspecified atom stereocenters. The summed E-state index contributed by atoms with van der Waals surface area (Å²) in [7, 11) is 0. The highest BCUT2D eigenvalue weighted by Gasteiger charge is 2.11. The molecule has 0 radical (unpaired) electrons. The molecule has 3 heterocycles. The number of thioether (sulfide) groups is 1. The van der Waals surface area contributed by atoms with Crippen molar-refractivity contribution in [1.29, 1.82) is 0 Å². The van der Waals surface area contributed by atoms with Crippen LogP contribution in [0, 0.1) is 5.82 Å². The van der Waals surface area contributed by atoms with Gasteiger partial charge in [-0.1, -0.05) is 29.4 Å². The molecule has 0 saturated carbocycles. The zero-order chi connectivity index (χ0) is 20.9. The molecule has 1 aromatic carbocycles. The fourth-order valence-corrected chi connectivity index (χ4v) is 3.50. The van der Waals surface area contributed by atoms with E-state index in [-0.39, 0.29) is 18.2 Å². The third-order valence-corrected chi connectivity index (χ3v) is 5.24. The zero-order valence-corrected chi connectivity index (χ0v) is 17.0. The average molecular weight is 444 g/mol. The molecule has 1 amide bonds. The first-order chi connectivity index (χ1) is 14.6. The maximum absolute atomic E-state index is 13.9. The molecule has 0 bridgehead atoms. The summed E-state index contributed by atoms with van der Waals surface area (Å²) in [6, 6.07) is 11.4. The Morgan fingerprint density at radius 3 is 2.93 bits per heavy atom. The van der Waals surface area contributed by atoms with Crippen molar-refractivity contribution in [2.75, 3.05) is 11.1 Å². The van der Waals surface area contributed by atoms with Crippen LogP contribution in [0.3, 0.4) is 0 Å². The lowest BCUT2D eigenvalue weighted by Gasteiger charge is -2.06. The van der Waals surface area contributed by atoms with E-state index in [9.17, 15) is 9.18 Å². The third-order valence-electron chi connectivity index (χ3n) is 4.03. The smallest absolute Gasteiger partial charge is 0.236 e. The summed E-state index contributed by atoms with van der Waals surface area (Å²) in [5, 5.41) is 7.71. The number of carbonyl (C=O) groups is 1. The Hall–Kier alpha value is -3.17. The fourth-order valence-electron chi connectivity index (χ4n) is 2.64.